The van der Waals surface area contributed by atoms with Gasteiger partial charge in [0.1, 0.15) is 0 Å². The molecule has 0 saturated heterocycles. The summed E-state index contributed by atoms with van der Waals surface area (Å²) in [6.07, 6.45) is 3.59. The average molecular weight is 955 g/mol. The van der Waals surface area contributed by atoms with Gasteiger partial charge in [0.2, 0.25) is 20.1 Å². The Bertz CT molecular complexity index is 4790. The Kier molecular flexibility index (Phi) is 6.20. The first kappa shape index (κ1) is 38.0. The van der Waals surface area contributed by atoms with Crippen LogP contribution in [0.5, 0.6) is 0 Å². The first-order chi connectivity index (χ1) is 37.8. The molecule has 11 aliphatic rings. The maximum absolute atomic E-state index is 4.38. The zero-order chi connectivity index (χ0) is 48.3. The minimum atomic E-state index is 0.0693. The molecule has 0 atom stereocenters. The van der Waals surface area contributed by atoms with Crippen LogP contribution in [-0.4, -0.2) is 66.6 Å². The summed E-state index contributed by atoms with van der Waals surface area (Å²) in [5.74, 6) is 0. The Labute approximate surface area is 441 Å². The van der Waals surface area contributed by atoms with Gasteiger partial charge in [-0.3, -0.25) is 0 Å². The SMILES string of the molecule is [B]1CN2c3ccccc3B3c4ccccc4N4c5ccccc5B5CN6CB7c8ccccc8N8CB9c%10ccccc%10N%10c%11ccccc%11B%11c%12ccccc%12Nc%12c%11c%10c9c9c8c7c7c6c6c5c4c3c2c6c1c7c%129. The van der Waals surface area contributed by atoms with Crippen LogP contribution in [0.2, 0.25) is 0 Å². The predicted molar refractivity (Wildman–Crippen MR) is 327 cm³/mol. The molecular weight excluding hydrogens is 918 g/mol. The summed E-state index contributed by atoms with van der Waals surface area (Å²) in [6.45, 7) is 0.753. The van der Waals surface area contributed by atoms with Crippen LogP contribution in [0.1, 0.15) is 0 Å². The lowest BCUT2D eigenvalue weighted by Gasteiger charge is -2.55. The summed E-state index contributed by atoms with van der Waals surface area (Å²) in [4.78, 5) is 13.9. The predicted octanol–water partition coefficient (Wildman–Crippen LogP) is 3.92. The standard InChI is InChI=1S/C64H37B6N6/c1-8-22-40-33(15-1)69-38-20-6-13-27-45(38)75-44-26-12-4-18-36(44)68-32-74-41-23-9-2-16-34(41)66-30-72-31-67-35-17-3-11-25-43(35)76-46-28-14-7-21-39(46)70-37-19-5-10-24-42(37)73-29-65-53-47-48-51(55(68)63(75)57(69)59(48)71-40)62(74)54(66)50(47)60(72)52-49(53)61(73)58(70)64(76)56(52)67/h1-28,71H,29-32H2. The highest BCUT2D eigenvalue weighted by molar-refractivity contribution is 7.05. The number of nitrogens with one attached hydrogen (secondary N) is 1. The second kappa shape index (κ2) is 12.4. The van der Waals surface area contributed by atoms with Gasteiger partial charge in [0.05, 0.1) is 5.69 Å². The quantitative estimate of drug-likeness (QED) is 0.141. The lowest BCUT2D eigenvalue weighted by molar-refractivity contribution is 1.03. The Hall–Kier alpha value is -8.61. The number of nitrogens with zero attached hydrogens (tertiary/aromatic N) is 5. The largest absolute Gasteiger partial charge is 0.384 e. The van der Waals surface area contributed by atoms with Crippen LogP contribution in [0, 0.1) is 0 Å². The van der Waals surface area contributed by atoms with E-state index < -0.39 is 0 Å². The number of rotatable bonds is 0. The van der Waals surface area contributed by atoms with Crippen molar-refractivity contribution in [2.75, 3.05) is 55.6 Å². The molecule has 0 aromatic heterocycles. The van der Waals surface area contributed by atoms with Gasteiger partial charge in [-0.2, -0.15) is 0 Å². The zero-order valence-corrected chi connectivity index (χ0v) is 41.2. The van der Waals surface area contributed by atoms with Crippen LogP contribution in [0.25, 0.3) is 32.3 Å². The van der Waals surface area contributed by atoms with E-state index in [1.165, 1.54) is 166 Å². The van der Waals surface area contributed by atoms with Gasteiger partial charge in [-0.15, -0.1) is 0 Å². The minimum Gasteiger partial charge on any atom is -0.384 e. The summed E-state index contributed by atoms with van der Waals surface area (Å²) >= 11 is 0. The van der Waals surface area contributed by atoms with Crippen LogP contribution < -0.4 is 101 Å². The maximum atomic E-state index is 4.38. The van der Waals surface area contributed by atoms with Crippen LogP contribution in [0.4, 0.5) is 73.9 Å². The van der Waals surface area contributed by atoms with Gasteiger partial charge in [-0.05, 0) is 120 Å². The number of hydrogen-bond donors (Lipinski definition) is 1. The Morgan fingerprint density at radius 1 is 0.342 bits per heavy atom. The molecule has 12 heteroatoms. The molecule has 1 N–H and O–H groups in total. The Morgan fingerprint density at radius 2 is 0.776 bits per heavy atom. The Balaban J connectivity index is 1.01. The highest BCUT2D eigenvalue weighted by atomic mass is 15.2. The molecule has 11 aliphatic heterocycles. The van der Waals surface area contributed by atoms with Crippen molar-refractivity contribution in [1.82, 2.24) is 0 Å². The number of hydrogen-bond acceptors (Lipinski definition) is 6. The molecule has 0 saturated carbocycles. The van der Waals surface area contributed by atoms with Gasteiger partial charge < -0.3 is 29.8 Å². The molecular formula is C64H37B6N6. The average Bonchev–Trinajstić information content (AvgIpc) is 2.49. The molecule has 76 heavy (non-hydrogen) atoms. The van der Waals surface area contributed by atoms with Crippen LogP contribution >= 0.6 is 0 Å². The van der Waals surface area contributed by atoms with Crippen molar-refractivity contribution in [1.29, 1.82) is 0 Å². The second-order valence-electron chi connectivity index (χ2n) is 23.4. The lowest BCUT2D eigenvalue weighted by Crippen LogP contribution is -2.71. The molecule has 11 heterocycles. The molecule has 0 aliphatic carbocycles. The third-order valence-electron chi connectivity index (χ3n) is 20.7. The molecule has 0 bridgehead atoms. The van der Waals surface area contributed by atoms with E-state index in [0.717, 1.165) is 25.8 Å². The summed E-state index contributed by atoms with van der Waals surface area (Å²) in [5, 5.41) is 13.2. The number of fused-ring (bicyclic) bond motifs is 23. The summed E-state index contributed by atoms with van der Waals surface area (Å²) in [7, 11) is 2.69. The van der Waals surface area contributed by atoms with Gasteiger partial charge in [-0.25, -0.2) is 0 Å². The van der Waals surface area contributed by atoms with Crippen molar-refractivity contribution >= 4 is 218 Å². The van der Waals surface area contributed by atoms with Crippen molar-refractivity contribution < 1.29 is 0 Å². The van der Waals surface area contributed by atoms with E-state index in [4.69, 9.17) is 0 Å². The highest BCUT2D eigenvalue weighted by Crippen LogP contribution is 2.56. The first-order valence-corrected chi connectivity index (χ1v) is 27.7. The van der Waals surface area contributed by atoms with E-state index >= 15 is 0 Å². The third-order valence-corrected chi connectivity index (χ3v) is 20.7. The van der Waals surface area contributed by atoms with Gasteiger partial charge in [0, 0.05) is 115 Å². The van der Waals surface area contributed by atoms with Gasteiger partial charge in [-0.1, -0.05) is 133 Å². The molecule has 0 unspecified atom stereocenters. The van der Waals surface area contributed by atoms with Crippen molar-refractivity contribution in [3.05, 3.63) is 170 Å². The summed E-state index contributed by atoms with van der Waals surface area (Å²) in [5.41, 5.74) is 36.6. The summed E-state index contributed by atoms with van der Waals surface area (Å²) < 4.78 is 0. The van der Waals surface area contributed by atoms with Crippen molar-refractivity contribution in [2.45, 2.75) is 0 Å². The van der Waals surface area contributed by atoms with E-state index in [-0.39, 0.29) is 33.6 Å². The van der Waals surface area contributed by atoms with E-state index in [0.29, 0.717) is 0 Å². The van der Waals surface area contributed by atoms with Gasteiger partial charge >= 0.3 is 0 Å². The van der Waals surface area contributed by atoms with Gasteiger partial charge in [0.15, 0.2) is 7.28 Å². The van der Waals surface area contributed by atoms with Crippen molar-refractivity contribution in [2.24, 2.45) is 0 Å². The summed E-state index contributed by atoms with van der Waals surface area (Å²) in [6, 6.07) is 65.8. The molecule has 0 spiro atoms. The topological polar surface area (TPSA) is 28.2 Å². The number of para-hydroxylation sites is 7. The molecule has 1 radical (unpaired) electrons. The van der Waals surface area contributed by atoms with Crippen LogP contribution in [0.15, 0.2) is 170 Å². The second-order valence-corrected chi connectivity index (χ2v) is 23.4. The van der Waals surface area contributed by atoms with Crippen molar-refractivity contribution in [3.63, 3.8) is 0 Å². The fraction of sp³-hybridized carbons (Fsp3) is 0.0625. The monoisotopic (exact) mass is 955 g/mol. The number of anilines is 13. The van der Waals surface area contributed by atoms with E-state index in [1.807, 2.05) is 0 Å². The highest BCUT2D eigenvalue weighted by Gasteiger charge is 2.57. The maximum Gasteiger partial charge on any atom is 0.252 e. The zero-order valence-electron chi connectivity index (χ0n) is 41.2. The molecule has 6 nitrogen and oxygen atoms in total. The normalized spacial score (nSPS) is 16.9. The Morgan fingerprint density at radius 3 is 1.42 bits per heavy atom. The van der Waals surface area contributed by atoms with E-state index in [1.54, 1.807) is 10.9 Å². The minimum absolute atomic E-state index is 0.0693. The molecule has 341 valence electrons. The third kappa shape index (κ3) is 3.85. The van der Waals surface area contributed by atoms with Crippen LogP contribution in [0.3, 0.4) is 0 Å². The fourth-order valence-corrected chi connectivity index (χ4v) is 18.3. The number of benzene rings is 11. The van der Waals surface area contributed by atoms with Gasteiger partial charge in [0.25, 0.3) is 13.4 Å². The van der Waals surface area contributed by atoms with Crippen LogP contribution in [-0.2, 0) is 0 Å². The van der Waals surface area contributed by atoms with Crippen molar-refractivity contribution in [3.8, 4) is 0 Å². The fourth-order valence-electron chi connectivity index (χ4n) is 18.3. The molecule has 11 aromatic carbocycles. The molecule has 0 amide bonds. The van der Waals surface area contributed by atoms with E-state index in [2.05, 4.69) is 207 Å². The lowest BCUT2D eigenvalue weighted by atomic mass is 9.28. The molecule has 22 rings (SSSR count). The molecule has 11 aromatic rings. The first-order valence-electron chi connectivity index (χ1n) is 27.7. The smallest absolute Gasteiger partial charge is 0.252 e. The molecule has 0 fully saturated rings. The van der Waals surface area contributed by atoms with E-state index in [9.17, 15) is 0 Å².